The molecule has 104 valence electrons. The highest BCUT2D eigenvalue weighted by Crippen LogP contribution is 2.33. The Morgan fingerprint density at radius 1 is 1.21 bits per heavy atom. The summed E-state index contributed by atoms with van der Waals surface area (Å²) in [4.78, 5) is 16.5. The lowest BCUT2D eigenvalue weighted by atomic mass is 10.0. The van der Waals surface area contributed by atoms with Gasteiger partial charge in [0.15, 0.2) is 5.82 Å². The summed E-state index contributed by atoms with van der Waals surface area (Å²) >= 11 is 0. The van der Waals surface area contributed by atoms with Crippen LogP contribution in [-0.4, -0.2) is 21.6 Å². The quantitative estimate of drug-likeness (QED) is 0.812. The fourth-order valence-electron chi connectivity index (χ4n) is 2.86. The summed E-state index contributed by atoms with van der Waals surface area (Å²) in [5, 5.41) is 3.29. The van der Waals surface area contributed by atoms with Crippen molar-refractivity contribution >= 4 is 5.82 Å². The zero-order valence-corrected chi connectivity index (χ0v) is 11.2. The van der Waals surface area contributed by atoms with Crippen LogP contribution in [0.4, 0.5) is 5.82 Å². The summed E-state index contributed by atoms with van der Waals surface area (Å²) in [6, 6.07) is 0.690. The first kappa shape index (κ1) is 12.7. The van der Waals surface area contributed by atoms with Crippen molar-refractivity contribution < 1.29 is 0 Å². The Labute approximate surface area is 113 Å². The molecule has 1 aromatic rings. The summed E-state index contributed by atoms with van der Waals surface area (Å²) in [7, 11) is 0. The van der Waals surface area contributed by atoms with E-state index in [9.17, 15) is 4.79 Å². The Kier molecular flexibility index (Phi) is 3.55. The van der Waals surface area contributed by atoms with Gasteiger partial charge in [-0.05, 0) is 25.7 Å². The standard InChI is InChI=1S/C14H22N4O/c15-11-4-2-1-3-5-12(11)17-13-14(19)18(9-8-16-13)10-6-7-10/h8-12H,1-7,15H2,(H,16,17). The van der Waals surface area contributed by atoms with Crippen molar-refractivity contribution in [1.29, 1.82) is 0 Å². The molecule has 2 aliphatic rings. The van der Waals surface area contributed by atoms with Crippen molar-refractivity contribution in [2.75, 3.05) is 5.32 Å². The number of aromatic nitrogens is 2. The van der Waals surface area contributed by atoms with Crippen LogP contribution in [0.3, 0.4) is 0 Å². The minimum atomic E-state index is 0.00134. The van der Waals surface area contributed by atoms with Crippen LogP contribution in [0.5, 0.6) is 0 Å². The van der Waals surface area contributed by atoms with E-state index in [0.29, 0.717) is 11.9 Å². The van der Waals surface area contributed by atoms with E-state index in [1.807, 2.05) is 0 Å². The van der Waals surface area contributed by atoms with Gasteiger partial charge in [0.05, 0.1) is 0 Å². The fraction of sp³-hybridized carbons (Fsp3) is 0.714. The topological polar surface area (TPSA) is 72.9 Å². The number of nitrogens with one attached hydrogen (secondary N) is 1. The number of nitrogens with zero attached hydrogens (tertiary/aromatic N) is 2. The molecule has 0 radical (unpaired) electrons. The molecule has 2 fully saturated rings. The number of anilines is 1. The zero-order chi connectivity index (χ0) is 13.2. The molecule has 0 spiro atoms. The average Bonchev–Trinajstić information content (AvgIpc) is 3.22. The molecule has 0 amide bonds. The van der Waals surface area contributed by atoms with E-state index in [2.05, 4.69) is 10.3 Å². The third-order valence-corrected chi connectivity index (χ3v) is 4.20. The molecule has 2 saturated carbocycles. The van der Waals surface area contributed by atoms with Crippen LogP contribution in [0.25, 0.3) is 0 Å². The molecule has 0 saturated heterocycles. The number of hydrogen-bond donors (Lipinski definition) is 2. The number of rotatable bonds is 3. The third kappa shape index (κ3) is 2.81. The molecule has 2 unspecified atom stereocenters. The summed E-state index contributed by atoms with van der Waals surface area (Å²) < 4.78 is 1.80. The van der Waals surface area contributed by atoms with E-state index in [1.165, 1.54) is 19.3 Å². The van der Waals surface area contributed by atoms with Crippen molar-refractivity contribution in [1.82, 2.24) is 9.55 Å². The van der Waals surface area contributed by atoms with Gasteiger partial charge in [0, 0.05) is 30.5 Å². The maximum Gasteiger partial charge on any atom is 0.293 e. The van der Waals surface area contributed by atoms with E-state index in [-0.39, 0.29) is 17.6 Å². The Morgan fingerprint density at radius 3 is 2.79 bits per heavy atom. The van der Waals surface area contributed by atoms with Gasteiger partial charge in [0.1, 0.15) is 0 Å². The lowest BCUT2D eigenvalue weighted by Crippen LogP contribution is -2.41. The summed E-state index contributed by atoms with van der Waals surface area (Å²) in [5.74, 6) is 0.469. The maximum absolute atomic E-state index is 12.3. The first-order chi connectivity index (χ1) is 9.25. The molecule has 3 N–H and O–H groups in total. The largest absolute Gasteiger partial charge is 0.361 e. The Balaban J connectivity index is 1.78. The van der Waals surface area contributed by atoms with E-state index in [1.54, 1.807) is 17.0 Å². The van der Waals surface area contributed by atoms with Gasteiger partial charge < -0.3 is 15.6 Å². The molecule has 3 rings (SSSR count). The first-order valence-corrected chi connectivity index (χ1v) is 7.35. The van der Waals surface area contributed by atoms with Crippen LogP contribution < -0.4 is 16.6 Å². The van der Waals surface area contributed by atoms with Crippen LogP contribution in [0.15, 0.2) is 17.2 Å². The second-order valence-corrected chi connectivity index (χ2v) is 5.77. The van der Waals surface area contributed by atoms with Crippen molar-refractivity contribution in [3.8, 4) is 0 Å². The SMILES string of the molecule is NC1CCCCCC1Nc1nccn(C2CC2)c1=O. The first-order valence-electron chi connectivity index (χ1n) is 7.35. The van der Waals surface area contributed by atoms with Gasteiger partial charge in [-0.25, -0.2) is 4.98 Å². The highest BCUT2D eigenvalue weighted by Gasteiger charge is 2.26. The number of hydrogen-bond acceptors (Lipinski definition) is 4. The van der Waals surface area contributed by atoms with E-state index >= 15 is 0 Å². The van der Waals surface area contributed by atoms with Crippen LogP contribution in [0.1, 0.15) is 51.0 Å². The third-order valence-electron chi connectivity index (χ3n) is 4.20. The van der Waals surface area contributed by atoms with Gasteiger partial charge in [-0.2, -0.15) is 0 Å². The monoisotopic (exact) mass is 262 g/mol. The maximum atomic E-state index is 12.3. The smallest absolute Gasteiger partial charge is 0.293 e. The summed E-state index contributed by atoms with van der Waals surface area (Å²) in [6.45, 7) is 0. The van der Waals surface area contributed by atoms with Crippen LogP contribution >= 0.6 is 0 Å². The van der Waals surface area contributed by atoms with Crippen LogP contribution in [0, 0.1) is 0 Å². The highest BCUT2D eigenvalue weighted by molar-refractivity contribution is 5.33. The molecule has 19 heavy (non-hydrogen) atoms. The average molecular weight is 262 g/mol. The Hall–Kier alpha value is -1.36. The van der Waals surface area contributed by atoms with E-state index in [0.717, 1.165) is 25.7 Å². The van der Waals surface area contributed by atoms with Crippen LogP contribution in [-0.2, 0) is 0 Å². The van der Waals surface area contributed by atoms with Gasteiger partial charge in [0.2, 0.25) is 0 Å². The minimum Gasteiger partial charge on any atom is -0.361 e. The molecule has 2 aliphatic carbocycles. The fourth-order valence-corrected chi connectivity index (χ4v) is 2.86. The van der Waals surface area contributed by atoms with Crippen molar-refractivity contribution in [2.24, 2.45) is 5.73 Å². The number of nitrogens with two attached hydrogens (primary N) is 1. The van der Waals surface area contributed by atoms with Crippen molar-refractivity contribution in [2.45, 2.75) is 63.1 Å². The van der Waals surface area contributed by atoms with Crippen molar-refractivity contribution in [3.63, 3.8) is 0 Å². The lowest BCUT2D eigenvalue weighted by molar-refractivity contribution is 0.525. The van der Waals surface area contributed by atoms with Gasteiger partial charge in [0.25, 0.3) is 5.56 Å². The molecule has 0 bridgehead atoms. The molecular weight excluding hydrogens is 240 g/mol. The molecule has 2 atom stereocenters. The van der Waals surface area contributed by atoms with Gasteiger partial charge in [-0.3, -0.25) is 4.79 Å². The van der Waals surface area contributed by atoms with Crippen LogP contribution in [0.2, 0.25) is 0 Å². The van der Waals surface area contributed by atoms with E-state index in [4.69, 9.17) is 5.73 Å². The molecule has 5 heteroatoms. The van der Waals surface area contributed by atoms with E-state index < -0.39 is 0 Å². The minimum absolute atomic E-state index is 0.00134. The Morgan fingerprint density at radius 2 is 2.00 bits per heavy atom. The normalized spacial score (nSPS) is 27.8. The lowest BCUT2D eigenvalue weighted by Gasteiger charge is -2.23. The van der Waals surface area contributed by atoms with Gasteiger partial charge in [-0.1, -0.05) is 19.3 Å². The molecule has 1 heterocycles. The van der Waals surface area contributed by atoms with Gasteiger partial charge in [-0.15, -0.1) is 0 Å². The summed E-state index contributed by atoms with van der Waals surface area (Å²) in [6.07, 6.45) is 11.4. The zero-order valence-electron chi connectivity index (χ0n) is 11.2. The second kappa shape index (κ2) is 5.33. The highest BCUT2D eigenvalue weighted by atomic mass is 16.1. The predicted octanol–water partition coefficient (Wildman–Crippen LogP) is 1.65. The van der Waals surface area contributed by atoms with Crippen molar-refractivity contribution in [3.05, 3.63) is 22.7 Å². The molecule has 5 nitrogen and oxygen atoms in total. The molecule has 0 aromatic carbocycles. The predicted molar refractivity (Wildman–Crippen MR) is 75.2 cm³/mol. The Bertz CT molecular complexity index is 494. The summed E-state index contributed by atoms with van der Waals surface area (Å²) in [5.41, 5.74) is 6.19. The molecule has 0 aliphatic heterocycles. The second-order valence-electron chi connectivity index (χ2n) is 5.77. The van der Waals surface area contributed by atoms with Gasteiger partial charge >= 0.3 is 0 Å². The molecule has 1 aromatic heterocycles. The molecular formula is C14H22N4O.